The number of hydrogen-bond donors (Lipinski definition) is 1. The molecule has 1 unspecified atom stereocenters. The molecule has 0 aliphatic rings. The molecular weight excluding hydrogens is 188 g/mol. The van der Waals surface area contributed by atoms with Gasteiger partial charge in [0, 0.05) is 0 Å². The van der Waals surface area contributed by atoms with Crippen LogP contribution in [0.1, 0.15) is 27.2 Å². The number of carbonyl (C=O) groups is 3. The fraction of sp³-hybridized carbons (Fsp3) is 0.667. The van der Waals surface area contributed by atoms with Crippen molar-refractivity contribution in [1.82, 2.24) is 0 Å². The van der Waals surface area contributed by atoms with E-state index in [1.165, 1.54) is 6.92 Å². The summed E-state index contributed by atoms with van der Waals surface area (Å²) >= 11 is 0. The Morgan fingerprint density at radius 3 is 2.07 bits per heavy atom. The van der Waals surface area contributed by atoms with Crippen molar-refractivity contribution in [2.75, 3.05) is 6.61 Å². The number of carboxylic acids is 1. The van der Waals surface area contributed by atoms with Gasteiger partial charge >= 0.3 is 11.9 Å². The van der Waals surface area contributed by atoms with E-state index in [0.717, 1.165) is 0 Å². The lowest BCUT2D eigenvalue weighted by Gasteiger charge is -2.21. The Hall–Kier alpha value is -1.39. The van der Waals surface area contributed by atoms with Crippen molar-refractivity contribution < 1.29 is 24.2 Å². The summed E-state index contributed by atoms with van der Waals surface area (Å²) in [5.41, 5.74) is -1.57. The normalized spacial score (nSPS) is 14.2. The summed E-state index contributed by atoms with van der Waals surface area (Å²) in [5.74, 6) is -3.52. The molecule has 0 aromatic carbocycles. The fourth-order valence-corrected chi connectivity index (χ4v) is 0.924. The molecule has 1 N–H and O–H groups in total. The van der Waals surface area contributed by atoms with Gasteiger partial charge < -0.3 is 9.84 Å². The van der Waals surface area contributed by atoms with Crippen LogP contribution in [-0.4, -0.2) is 29.4 Å². The molecule has 0 fully saturated rings. The quantitative estimate of drug-likeness (QED) is 0.401. The second-order valence-corrected chi connectivity index (χ2v) is 3.04. The molecule has 0 aromatic rings. The SMILES string of the molecule is CCOC(=O)C(C)(CC)C(=O)C(=O)O. The lowest BCUT2D eigenvalue weighted by molar-refractivity contribution is -0.166. The summed E-state index contributed by atoms with van der Waals surface area (Å²) in [7, 11) is 0. The van der Waals surface area contributed by atoms with Crippen LogP contribution in [0.15, 0.2) is 0 Å². The fourth-order valence-electron chi connectivity index (χ4n) is 0.924. The van der Waals surface area contributed by atoms with E-state index in [2.05, 4.69) is 4.74 Å². The van der Waals surface area contributed by atoms with E-state index < -0.39 is 23.1 Å². The molecule has 5 heteroatoms. The standard InChI is InChI=1S/C9H14O5/c1-4-9(3,6(10)7(11)12)8(13)14-5-2/h4-5H2,1-3H3,(H,11,12). The minimum absolute atomic E-state index is 0.108. The number of aliphatic carboxylic acids is 1. The molecule has 0 heterocycles. The zero-order valence-electron chi connectivity index (χ0n) is 8.49. The van der Waals surface area contributed by atoms with E-state index in [-0.39, 0.29) is 13.0 Å². The van der Waals surface area contributed by atoms with Gasteiger partial charge in [-0.25, -0.2) is 4.79 Å². The molecule has 0 saturated heterocycles. The van der Waals surface area contributed by atoms with Gasteiger partial charge in [-0.05, 0) is 20.3 Å². The van der Waals surface area contributed by atoms with Crippen LogP contribution in [0.5, 0.6) is 0 Å². The highest BCUT2D eigenvalue weighted by Gasteiger charge is 2.44. The molecule has 0 spiro atoms. The second-order valence-electron chi connectivity index (χ2n) is 3.04. The van der Waals surface area contributed by atoms with Crippen molar-refractivity contribution in [2.24, 2.45) is 5.41 Å². The third-order valence-electron chi connectivity index (χ3n) is 2.13. The molecule has 0 radical (unpaired) electrons. The first-order chi connectivity index (χ1) is 6.40. The Bertz CT molecular complexity index is 258. The number of Topliss-reactive ketones (excluding diaryl/α,β-unsaturated/α-hetero) is 1. The summed E-state index contributed by atoms with van der Waals surface area (Å²) in [4.78, 5) is 33.0. The van der Waals surface area contributed by atoms with E-state index in [9.17, 15) is 14.4 Å². The first-order valence-electron chi connectivity index (χ1n) is 4.35. The smallest absolute Gasteiger partial charge is 0.373 e. The topological polar surface area (TPSA) is 80.7 Å². The molecule has 80 valence electrons. The largest absolute Gasteiger partial charge is 0.475 e. The average Bonchev–Trinajstić information content (AvgIpc) is 2.15. The summed E-state index contributed by atoms with van der Waals surface area (Å²) in [6.07, 6.45) is 0.108. The van der Waals surface area contributed by atoms with Gasteiger partial charge in [-0.2, -0.15) is 0 Å². The first kappa shape index (κ1) is 12.6. The monoisotopic (exact) mass is 202 g/mol. The average molecular weight is 202 g/mol. The van der Waals surface area contributed by atoms with Gasteiger partial charge in [-0.1, -0.05) is 6.92 Å². The Morgan fingerprint density at radius 1 is 1.29 bits per heavy atom. The van der Waals surface area contributed by atoms with E-state index in [4.69, 9.17) is 5.11 Å². The van der Waals surface area contributed by atoms with E-state index in [1.807, 2.05) is 0 Å². The van der Waals surface area contributed by atoms with Crippen molar-refractivity contribution in [3.8, 4) is 0 Å². The van der Waals surface area contributed by atoms with Crippen LogP contribution in [0.3, 0.4) is 0 Å². The molecule has 5 nitrogen and oxygen atoms in total. The predicted octanol–water partition coefficient (Wildman–Crippen LogP) is 0.620. The third kappa shape index (κ3) is 2.31. The van der Waals surface area contributed by atoms with Gasteiger partial charge in [-0.3, -0.25) is 9.59 Å². The number of ether oxygens (including phenoxy) is 1. The van der Waals surface area contributed by atoms with Crippen LogP contribution in [0.4, 0.5) is 0 Å². The molecule has 0 amide bonds. The molecular formula is C9H14O5. The van der Waals surface area contributed by atoms with E-state index in [1.54, 1.807) is 13.8 Å². The maximum atomic E-state index is 11.3. The summed E-state index contributed by atoms with van der Waals surface area (Å²) in [5, 5.41) is 8.51. The summed E-state index contributed by atoms with van der Waals surface area (Å²) in [6.45, 7) is 4.57. The molecule has 0 bridgehead atoms. The van der Waals surface area contributed by atoms with Crippen LogP contribution >= 0.6 is 0 Å². The molecule has 14 heavy (non-hydrogen) atoms. The molecule has 1 atom stereocenters. The minimum atomic E-state index is -1.61. The van der Waals surface area contributed by atoms with Crippen molar-refractivity contribution >= 4 is 17.7 Å². The van der Waals surface area contributed by atoms with Crippen molar-refractivity contribution in [3.63, 3.8) is 0 Å². The van der Waals surface area contributed by atoms with Gasteiger partial charge in [0.15, 0.2) is 0 Å². The molecule has 0 saturated carbocycles. The van der Waals surface area contributed by atoms with Crippen LogP contribution < -0.4 is 0 Å². The zero-order valence-corrected chi connectivity index (χ0v) is 8.49. The Balaban J connectivity index is 4.88. The lowest BCUT2D eigenvalue weighted by Crippen LogP contribution is -2.41. The number of hydrogen-bond acceptors (Lipinski definition) is 4. The maximum absolute atomic E-state index is 11.3. The van der Waals surface area contributed by atoms with Crippen molar-refractivity contribution in [3.05, 3.63) is 0 Å². The van der Waals surface area contributed by atoms with Gasteiger partial charge in [0.1, 0.15) is 5.41 Å². The minimum Gasteiger partial charge on any atom is -0.475 e. The third-order valence-corrected chi connectivity index (χ3v) is 2.13. The van der Waals surface area contributed by atoms with Crippen LogP contribution in [0.2, 0.25) is 0 Å². The highest BCUT2D eigenvalue weighted by Crippen LogP contribution is 2.24. The van der Waals surface area contributed by atoms with E-state index >= 15 is 0 Å². The van der Waals surface area contributed by atoms with Gasteiger partial charge in [0.2, 0.25) is 0 Å². The highest BCUT2D eigenvalue weighted by molar-refractivity contribution is 6.38. The number of esters is 1. The molecule has 0 rings (SSSR count). The summed E-state index contributed by atoms with van der Waals surface area (Å²) in [6, 6.07) is 0. The van der Waals surface area contributed by atoms with Crippen LogP contribution in [-0.2, 0) is 19.1 Å². The van der Waals surface area contributed by atoms with Crippen LogP contribution in [0.25, 0.3) is 0 Å². The number of ketones is 1. The molecule has 0 aromatic heterocycles. The number of carbonyl (C=O) groups excluding carboxylic acids is 2. The maximum Gasteiger partial charge on any atom is 0.373 e. The van der Waals surface area contributed by atoms with Gasteiger partial charge in [-0.15, -0.1) is 0 Å². The van der Waals surface area contributed by atoms with Crippen LogP contribution in [0, 0.1) is 5.41 Å². The summed E-state index contributed by atoms with van der Waals surface area (Å²) < 4.78 is 4.65. The van der Waals surface area contributed by atoms with E-state index in [0.29, 0.717) is 0 Å². The Morgan fingerprint density at radius 2 is 1.79 bits per heavy atom. The number of rotatable bonds is 5. The molecule has 0 aliphatic heterocycles. The lowest BCUT2D eigenvalue weighted by atomic mass is 9.83. The van der Waals surface area contributed by atoms with Crippen molar-refractivity contribution in [1.29, 1.82) is 0 Å². The molecule has 0 aliphatic carbocycles. The highest BCUT2D eigenvalue weighted by atomic mass is 16.5. The first-order valence-corrected chi connectivity index (χ1v) is 4.35. The second kappa shape index (κ2) is 4.74. The Labute approximate surface area is 82.1 Å². The van der Waals surface area contributed by atoms with Gasteiger partial charge in [0.05, 0.1) is 6.61 Å². The predicted molar refractivity (Wildman–Crippen MR) is 47.7 cm³/mol. The number of carboxylic acid groups (broad SMARTS) is 1. The van der Waals surface area contributed by atoms with Gasteiger partial charge in [0.25, 0.3) is 5.78 Å². The van der Waals surface area contributed by atoms with Crippen molar-refractivity contribution in [2.45, 2.75) is 27.2 Å². The zero-order chi connectivity index (χ0) is 11.4. The Kier molecular flexibility index (Phi) is 4.27.